The molecule has 124 valence electrons. The van der Waals surface area contributed by atoms with Crippen molar-refractivity contribution in [2.75, 3.05) is 10.6 Å². The summed E-state index contributed by atoms with van der Waals surface area (Å²) in [6, 6.07) is 19.8. The van der Waals surface area contributed by atoms with Gasteiger partial charge in [-0.1, -0.05) is 48.0 Å². The molecule has 1 aliphatic heterocycles. The third-order valence-corrected chi connectivity index (χ3v) is 4.20. The lowest BCUT2D eigenvalue weighted by Crippen LogP contribution is -2.34. The quantitative estimate of drug-likeness (QED) is 0.565. The van der Waals surface area contributed by atoms with E-state index in [9.17, 15) is 0 Å². The molecule has 1 atom stereocenters. The minimum atomic E-state index is -0.791. The molecule has 0 radical (unpaired) electrons. The third kappa shape index (κ3) is 3.59. The molecule has 3 N–H and O–H groups in total. The molecule has 25 heavy (non-hydrogen) atoms. The Morgan fingerprint density at radius 1 is 0.920 bits per heavy atom. The van der Waals surface area contributed by atoms with Crippen molar-refractivity contribution < 1.29 is 0 Å². The predicted molar refractivity (Wildman–Crippen MR) is 105 cm³/mol. The van der Waals surface area contributed by atoms with Crippen LogP contribution in [0.4, 0.5) is 11.4 Å². The van der Waals surface area contributed by atoms with Crippen LogP contribution in [-0.4, -0.2) is 10.7 Å². The molecule has 0 saturated heterocycles. The normalized spacial score (nSPS) is 21.2. The molecular formula is C20H17ClN4. The molecule has 1 heterocycles. The lowest BCUT2D eigenvalue weighted by molar-refractivity contribution is 0.947. The first kappa shape index (κ1) is 15.5. The van der Waals surface area contributed by atoms with Gasteiger partial charge in [-0.2, -0.15) is 0 Å². The summed E-state index contributed by atoms with van der Waals surface area (Å²) in [6.07, 6.45) is 7.58. The Morgan fingerprint density at radius 3 is 2.32 bits per heavy atom. The molecule has 2 aromatic carbocycles. The molecule has 2 aliphatic rings. The van der Waals surface area contributed by atoms with E-state index >= 15 is 0 Å². The number of allylic oxidation sites excluding steroid dienone is 1. The number of benzene rings is 2. The Balaban J connectivity index is 1.51. The molecule has 0 amide bonds. The number of para-hydroxylation sites is 2. The average molecular weight is 349 g/mol. The van der Waals surface area contributed by atoms with E-state index < -0.39 is 5.00 Å². The fraction of sp³-hybridized carbons (Fsp3) is 0.0500. The fourth-order valence-corrected chi connectivity index (χ4v) is 2.98. The maximum atomic E-state index is 6.69. The molecule has 0 spiro atoms. The van der Waals surface area contributed by atoms with Crippen LogP contribution in [0.1, 0.15) is 0 Å². The highest BCUT2D eigenvalue weighted by atomic mass is 35.5. The largest absolute Gasteiger partial charge is 0.360 e. The highest BCUT2D eigenvalue weighted by molar-refractivity contribution is 6.30. The molecule has 4 nitrogen and oxygen atoms in total. The third-order valence-electron chi connectivity index (χ3n) is 3.88. The number of halogens is 1. The van der Waals surface area contributed by atoms with Crippen LogP contribution in [0.3, 0.4) is 0 Å². The molecule has 5 heteroatoms. The number of alkyl halides is 1. The second kappa shape index (κ2) is 6.49. The maximum absolute atomic E-state index is 6.69. The van der Waals surface area contributed by atoms with E-state index in [4.69, 9.17) is 11.6 Å². The van der Waals surface area contributed by atoms with Crippen LogP contribution < -0.4 is 16.0 Å². The Kier molecular flexibility index (Phi) is 4.04. The minimum Gasteiger partial charge on any atom is -0.360 e. The van der Waals surface area contributed by atoms with Gasteiger partial charge in [-0.25, -0.2) is 4.99 Å². The first-order chi connectivity index (χ1) is 12.2. The zero-order valence-electron chi connectivity index (χ0n) is 13.4. The average Bonchev–Trinajstić information content (AvgIpc) is 2.63. The minimum absolute atomic E-state index is 0.751. The Labute approximate surface area is 151 Å². The molecule has 4 rings (SSSR count). The van der Waals surface area contributed by atoms with Gasteiger partial charge in [0.25, 0.3) is 0 Å². The zero-order chi connectivity index (χ0) is 17.1. The number of hydrogen-bond acceptors (Lipinski definition) is 4. The Bertz CT molecular complexity index is 884. The zero-order valence-corrected chi connectivity index (χ0v) is 14.2. The van der Waals surface area contributed by atoms with Gasteiger partial charge in [0.2, 0.25) is 0 Å². The molecule has 0 fully saturated rings. The van der Waals surface area contributed by atoms with Crippen molar-refractivity contribution in [3.05, 3.63) is 96.6 Å². The van der Waals surface area contributed by atoms with Crippen LogP contribution in [0.5, 0.6) is 0 Å². The van der Waals surface area contributed by atoms with Gasteiger partial charge in [0.05, 0.1) is 11.4 Å². The van der Waals surface area contributed by atoms with Crippen LogP contribution in [-0.2, 0) is 0 Å². The highest BCUT2D eigenvalue weighted by Gasteiger charge is 2.27. The second-order valence-corrected chi connectivity index (χ2v) is 6.44. The van der Waals surface area contributed by atoms with Crippen LogP contribution in [0.2, 0.25) is 0 Å². The van der Waals surface area contributed by atoms with E-state index in [1.54, 1.807) is 0 Å². The summed E-state index contributed by atoms with van der Waals surface area (Å²) in [6.45, 7) is 0. The summed E-state index contributed by atoms with van der Waals surface area (Å²) < 4.78 is 0. The number of nitrogens with one attached hydrogen (secondary N) is 3. The summed E-state index contributed by atoms with van der Waals surface area (Å²) >= 11 is 6.69. The first-order valence-corrected chi connectivity index (χ1v) is 8.40. The SMILES string of the molecule is ClC1(Nc2ccccc2)C=CC2=NC(Nc3ccccc3)=CNC2=C1. The van der Waals surface area contributed by atoms with Crippen LogP contribution in [0.15, 0.2) is 102 Å². The van der Waals surface area contributed by atoms with Crippen molar-refractivity contribution in [2.45, 2.75) is 5.00 Å². The molecule has 1 unspecified atom stereocenters. The van der Waals surface area contributed by atoms with Crippen LogP contribution in [0.25, 0.3) is 0 Å². The standard InChI is InChI=1S/C20H17ClN4/c21-20(25-16-9-5-2-6-10-16)12-11-17-18(13-20)22-14-19(24-17)23-15-7-3-1-4-8-15/h1-14,22-23,25H. The maximum Gasteiger partial charge on any atom is 0.153 e. The van der Waals surface area contributed by atoms with Crippen molar-refractivity contribution in [1.29, 1.82) is 0 Å². The number of aliphatic imine (C=N–C) groups is 1. The second-order valence-electron chi connectivity index (χ2n) is 5.81. The molecular weight excluding hydrogens is 332 g/mol. The summed E-state index contributed by atoms with van der Waals surface area (Å²) in [7, 11) is 0. The van der Waals surface area contributed by atoms with E-state index in [0.717, 1.165) is 28.6 Å². The number of nitrogens with zero attached hydrogens (tertiary/aromatic N) is 1. The van der Waals surface area contributed by atoms with Gasteiger partial charge in [-0.15, -0.1) is 0 Å². The molecule has 0 aromatic heterocycles. The van der Waals surface area contributed by atoms with Gasteiger partial charge in [0.1, 0.15) is 5.82 Å². The highest BCUT2D eigenvalue weighted by Crippen LogP contribution is 2.28. The van der Waals surface area contributed by atoms with Gasteiger partial charge < -0.3 is 16.0 Å². The molecule has 2 aromatic rings. The van der Waals surface area contributed by atoms with Gasteiger partial charge in [-0.3, -0.25) is 0 Å². The first-order valence-electron chi connectivity index (χ1n) is 8.02. The van der Waals surface area contributed by atoms with Crippen molar-refractivity contribution in [3.63, 3.8) is 0 Å². The molecule has 0 bridgehead atoms. The number of fused-ring (bicyclic) bond motifs is 1. The van der Waals surface area contributed by atoms with E-state index in [2.05, 4.69) is 20.9 Å². The van der Waals surface area contributed by atoms with Crippen molar-refractivity contribution in [1.82, 2.24) is 5.32 Å². The van der Waals surface area contributed by atoms with Crippen molar-refractivity contribution in [3.8, 4) is 0 Å². The van der Waals surface area contributed by atoms with Gasteiger partial charge >= 0.3 is 0 Å². The van der Waals surface area contributed by atoms with E-state index in [-0.39, 0.29) is 0 Å². The van der Waals surface area contributed by atoms with Gasteiger partial charge in [0.15, 0.2) is 5.00 Å². The number of rotatable bonds is 4. The van der Waals surface area contributed by atoms with E-state index in [1.807, 2.05) is 85.1 Å². The van der Waals surface area contributed by atoms with Gasteiger partial charge in [0, 0.05) is 17.6 Å². The molecule has 1 aliphatic carbocycles. The molecule has 0 saturated carbocycles. The van der Waals surface area contributed by atoms with Crippen LogP contribution in [0, 0.1) is 0 Å². The van der Waals surface area contributed by atoms with E-state index in [1.165, 1.54) is 0 Å². The smallest absolute Gasteiger partial charge is 0.153 e. The summed E-state index contributed by atoms with van der Waals surface area (Å²) in [5, 5.41) is 9.85. The van der Waals surface area contributed by atoms with Crippen molar-refractivity contribution in [2.24, 2.45) is 4.99 Å². The lowest BCUT2D eigenvalue weighted by atomic mass is 10.0. The van der Waals surface area contributed by atoms with E-state index in [0.29, 0.717) is 0 Å². The Hall–Kier alpha value is -2.98. The van der Waals surface area contributed by atoms with Crippen molar-refractivity contribution >= 4 is 28.7 Å². The predicted octanol–water partition coefficient (Wildman–Crippen LogP) is 4.44. The fourth-order valence-electron chi connectivity index (χ4n) is 2.70. The number of hydrogen-bond donors (Lipinski definition) is 3. The number of anilines is 2. The van der Waals surface area contributed by atoms with Crippen LogP contribution >= 0.6 is 11.6 Å². The summed E-state index contributed by atoms with van der Waals surface area (Å²) in [5.41, 5.74) is 3.66. The Morgan fingerprint density at radius 2 is 1.60 bits per heavy atom. The summed E-state index contributed by atoms with van der Waals surface area (Å²) in [4.78, 5) is 3.84. The topological polar surface area (TPSA) is 48.5 Å². The lowest BCUT2D eigenvalue weighted by Gasteiger charge is -2.29. The van der Waals surface area contributed by atoms with Gasteiger partial charge in [-0.05, 0) is 42.5 Å². The summed E-state index contributed by atoms with van der Waals surface area (Å²) in [5.74, 6) is 0.751. The monoisotopic (exact) mass is 348 g/mol.